The zero-order chi connectivity index (χ0) is 7.78. The lowest BCUT2D eigenvalue weighted by atomic mass is 10.1. The number of hydrogen-bond acceptors (Lipinski definition) is 3. The van der Waals surface area contributed by atoms with E-state index in [-0.39, 0.29) is 11.4 Å². The van der Waals surface area contributed by atoms with E-state index in [1.165, 1.54) is 6.20 Å². The second-order valence-electron chi connectivity index (χ2n) is 3.19. The standard InChI is InChI=1S/C6H11N3O/c1-6(2,3)9-4-5(10)7-8-9/h4,10H,1-3H3. The zero-order valence-corrected chi connectivity index (χ0v) is 6.37. The molecule has 0 aliphatic carbocycles. The Morgan fingerprint density at radius 3 is 2.30 bits per heavy atom. The summed E-state index contributed by atoms with van der Waals surface area (Å²) in [4.78, 5) is 0. The molecule has 1 aromatic rings. The summed E-state index contributed by atoms with van der Waals surface area (Å²) in [5.74, 6) is -0.0325. The summed E-state index contributed by atoms with van der Waals surface area (Å²) in [7, 11) is 0. The van der Waals surface area contributed by atoms with Crippen molar-refractivity contribution in [2.75, 3.05) is 0 Å². The van der Waals surface area contributed by atoms with Crippen LogP contribution in [0.15, 0.2) is 6.20 Å². The monoisotopic (exact) mass is 141 g/mol. The van der Waals surface area contributed by atoms with E-state index in [9.17, 15) is 0 Å². The van der Waals surface area contributed by atoms with Crippen LogP contribution in [0.2, 0.25) is 0 Å². The Bertz CT molecular complexity index is 223. The lowest BCUT2D eigenvalue weighted by Gasteiger charge is -2.16. The fraction of sp³-hybridized carbons (Fsp3) is 0.667. The van der Waals surface area contributed by atoms with E-state index in [1.807, 2.05) is 20.8 Å². The molecule has 1 N–H and O–H groups in total. The van der Waals surface area contributed by atoms with Crippen molar-refractivity contribution in [1.29, 1.82) is 0 Å². The van der Waals surface area contributed by atoms with Crippen molar-refractivity contribution in [3.05, 3.63) is 6.20 Å². The van der Waals surface area contributed by atoms with Crippen molar-refractivity contribution < 1.29 is 5.11 Å². The van der Waals surface area contributed by atoms with Crippen LogP contribution in [0.1, 0.15) is 20.8 Å². The molecule has 0 saturated carbocycles. The topological polar surface area (TPSA) is 50.9 Å². The molecule has 4 heteroatoms. The highest BCUT2D eigenvalue weighted by atomic mass is 16.3. The Balaban J connectivity index is 2.96. The van der Waals surface area contributed by atoms with Crippen LogP contribution in [0.4, 0.5) is 0 Å². The van der Waals surface area contributed by atoms with E-state index in [4.69, 9.17) is 5.11 Å². The van der Waals surface area contributed by atoms with E-state index in [2.05, 4.69) is 10.3 Å². The van der Waals surface area contributed by atoms with Gasteiger partial charge in [0.05, 0.1) is 11.7 Å². The van der Waals surface area contributed by atoms with Crippen LogP contribution in [-0.4, -0.2) is 20.1 Å². The molecule has 0 unspecified atom stereocenters. The molecule has 0 fully saturated rings. The van der Waals surface area contributed by atoms with Gasteiger partial charge in [-0.15, -0.1) is 0 Å². The molecule has 0 spiro atoms. The van der Waals surface area contributed by atoms with Crippen LogP contribution in [0.25, 0.3) is 0 Å². The van der Waals surface area contributed by atoms with E-state index in [0.717, 1.165) is 0 Å². The summed E-state index contributed by atoms with van der Waals surface area (Å²) in [5.41, 5.74) is -0.103. The van der Waals surface area contributed by atoms with Crippen molar-refractivity contribution in [1.82, 2.24) is 15.0 Å². The molecule has 56 valence electrons. The summed E-state index contributed by atoms with van der Waals surface area (Å²) in [6, 6.07) is 0. The number of aromatic hydroxyl groups is 1. The van der Waals surface area contributed by atoms with Crippen LogP contribution in [0.5, 0.6) is 5.88 Å². The maximum atomic E-state index is 8.82. The van der Waals surface area contributed by atoms with Crippen molar-refractivity contribution >= 4 is 0 Å². The van der Waals surface area contributed by atoms with Crippen molar-refractivity contribution in [2.45, 2.75) is 26.3 Å². The predicted molar refractivity (Wildman–Crippen MR) is 36.7 cm³/mol. The summed E-state index contributed by atoms with van der Waals surface area (Å²) in [6.45, 7) is 5.96. The number of nitrogens with zero attached hydrogens (tertiary/aromatic N) is 3. The quantitative estimate of drug-likeness (QED) is 0.579. The normalized spacial score (nSPS) is 11.9. The second kappa shape index (κ2) is 1.97. The minimum absolute atomic E-state index is 0.0325. The molecule has 1 heterocycles. The summed E-state index contributed by atoms with van der Waals surface area (Å²) >= 11 is 0. The fourth-order valence-electron chi connectivity index (χ4n) is 0.583. The molecule has 0 aliphatic rings. The average Bonchev–Trinajstić information content (AvgIpc) is 2.11. The highest BCUT2D eigenvalue weighted by Gasteiger charge is 2.14. The molecule has 0 bridgehead atoms. The molecule has 0 aliphatic heterocycles. The van der Waals surface area contributed by atoms with Crippen molar-refractivity contribution in [2.24, 2.45) is 0 Å². The Hall–Kier alpha value is -1.06. The first-order valence-electron chi connectivity index (χ1n) is 3.12. The molecule has 4 nitrogen and oxygen atoms in total. The minimum atomic E-state index is -0.103. The molecule has 1 rings (SSSR count). The lowest BCUT2D eigenvalue weighted by molar-refractivity contribution is 0.346. The number of hydrogen-bond donors (Lipinski definition) is 1. The third-order valence-corrected chi connectivity index (χ3v) is 1.17. The maximum absolute atomic E-state index is 8.82. The van der Waals surface area contributed by atoms with E-state index >= 15 is 0 Å². The number of aromatic nitrogens is 3. The molecule has 0 radical (unpaired) electrons. The first kappa shape index (κ1) is 7.05. The van der Waals surface area contributed by atoms with Gasteiger partial charge in [0.1, 0.15) is 0 Å². The van der Waals surface area contributed by atoms with E-state index in [0.29, 0.717) is 0 Å². The predicted octanol–water partition coefficient (Wildman–Crippen LogP) is 0.739. The Kier molecular flexibility index (Phi) is 1.39. The largest absolute Gasteiger partial charge is 0.491 e. The second-order valence-corrected chi connectivity index (χ2v) is 3.19. The molecular formula is C6H11N3O. The SMILES string of the molecule is CC(C)(C)n1cc(O)nn1. The smallest absolute Gasteiger partial charge is 0.251 e. The summed E-state index contributed by atoms with van der Waals surface area (Å²) in [5, 5.41) is 16.0. The van der Waals surface area contributed by atoms with Gasteiger partial charge < -0.3 is 5.11 Å². The molecule has 10 heavy (non-hydrogen) atoms. The van der Waals surface area contributed by atoms with Crippen LogP contribution in [-0.2, 0) is 5.54 Å². The van der Waals surface area contributed by atoms with Crippen LogP contribution < -0.4 is 0 Å². The molecule has 1 aromatic heterocycles. The zero-order valence-electron chi connectivity index (χ0n) is 6.37. The summed E-state index contributed by atoms with van der Waals surface area (Å²) in [6.07, 6.45) is 1.50. The maximum Gasteiger partial charge on any atom is 0.251 e. The van der Waals surface area contributed by atoms with Gasteiger partial charge in [-0.05, 0) is 20.8 Å². The van der Waals surface area contributed by atoms with Crippen LogP contribution >= 0.6 is 0 Å². The molecular weight excluding hydrogens is 130 g/mol. The highest BCUT2D eigenvalue weighted by molar-refractivity contribution is 4.97. The molecule has 0 atom stereocenters. The van der Waals surface area contributed by atoms with Gasteiger partial charge in [-0.1, -0.05) is 10.3 Å². The number of rotatable bonds is 0. The lowest BCUT2D eigenvalue weighted by Crippen LogP contribution is -2.22. The molecule has 0 saturated heterocycles. The van der Waals surface area contributed by atoms with Crippen LogP contribution in [0, 0.1) is 0 Å². The third kappa shape index (κ3) is 1.26. The summed E-state index contributed by atoms with van der Waals surface area (Å²) < 4.78 is 1.61. The van der Waals surface area contributed by atoms with Gasteiger partial charge in [0.15, 0.2) is 0 Å². The van der Waals surface area contributed by atoms with Gasteiger partial charge in [-0.2, -0.15) is 0 Å². The van der Waals surface area contributed by atoms with Crippen LogP contribution in [0.3, 0.4) is 0 Å². The Morgan fingerprint density at radius 2 is 2.10 bits per heavy atom. The van der Waals surface area contributed by atoms with E-state index in [1.54, 1.807) is 4.68 Å². The molecule has 0 amide bonds. The van der Waals surface area contributed by atoms with Crippen molar-refractivity contribution in [3.63, 3.8) is 0 Å². The van der Waals surface area contributed by atoms with Crippen molar-refractivity contribution in [3.8, 4) is 5.88 Å². The van der Waals surface area contributed by atoms with E-state index < -0.39 is 0 Å². The minimum Gasteiger partial charge on any atom is -0.491 e. The first-order valence-corrected chi connectivity index (χ1v) is 3.12. The Labute approximate surface area is 59.5 Å². The third-order valence-electron chi connectivity index (χ3n) is 1.17. The Morgan fingerprint density at radius 1 is 1.50 bits per heavy atom. The highest BCUT2D eigenvalue weighted by Crippen LogP contribution is 2.13. The van der Waals surface area contributed by atoms with Gasteiger partial charge in [0.2, 0.25) is 0 Å². The average molecular weight is 141 g/mol. The first-order chi connectivity index (χ1) is 4.50. The van der Waals surface area contributed by atoms with Gasteiger partial charge in [-0.25, -0.2) is 4.68 Å². The molecule has 0 aromatic carbocycles. The van der Waals surface area contributed by atoms with Gasteiger partial charge in [-0.3, -0.25) is 0 Å². The van der Waals surface area contributed by atoms with Gasteiger partial charge in [0.25, 0.3) is 5.88 Å². The van der Waals surface area contributed by atoms with Gasteiger partial charge >= 0.3 is 0 Å². The van der Waals surface area contributed by atoms with Gasteiger partial charge in [0, 0.05) is 0 Å². The fourth-order valence-corrected chi connectivity index (χ4v) is 0.583.